The Balaban J connectivity index is 1.82. The lowest BCUT2D eigenvalue weighted by atomic mass is 10.0. The minimum Gasteiger partial charge on any atom is -0.505 e. The number of amides is 1. The molecule has 0 radical (unpaired) electrons. The van der Waals surface area contributed by atoms with Crippen LogP contribution in [-0.2, 0) is 16.5 Å². The summed E-state index contributed by atoms with van der Waals surface area (Å²) in [6.45, 7) is 1.69. The molecule has 38 heavy (non-hydrogen) atoms. The smallest absolute Gasteiger partial charge is 0.294 e. The van der Waals surface area contributed by atoms with Gasteiger partial charge in [0.15, 0.2) is 5.75 Å². The van der Waals surface area contributed by atoms with Crippen LogP contribution in [0.15, 0.2) is 75.8 Å². The van der Waals surface area contributed by atoms with Gasteiger partial charge in [-0.3, -0.25) is 9.35 Å². The van der Waals surface area contributed by atoms with Gasteiger partial charge in [0, 0.05) is 15.4 Å². The predicted molar refractivity (Wildman–Crippen MR) is 146 cm³/mol. The van der Waals surface area contributed by atoms with Crippen molar-refractivity contribution in [2.45, 2.75) is 18.2 Å². The number of azo groups is 1. The fourth-order valence-corrected chi connectivity index (χ4v) is 5.31. The molecule has 9 nitrogen and oxygen atoms in total. The minimum absolute atomic E-state index is 0.0156. The van der Waals surface area contributed by atoms with Gasteiger partial charge in [0.2, 0.25) is 0 Å². The standard InChI is InChI=1S/C26H21Cl2N3O6S/c1-3-17-20(28)12-16(13-23(17)38(34,35)36)30-31-24-18-7-5-4-6-14(18)10-19(25(24)32)26(33)29-21-11-15(27)8-9-22(21)37-2/h4-13,32H,3H2,1-2H3,(H,29,33)(H,34,35,36). The highest BCUT2D eigenvalue weighted by atomic mass is 35.5. The average molecular weight is 574 g/mol. The van der Waals surface area contributed by atoms with Crippen LogP contribution in [0.5, 0.6) is 11.5 Å². The number of carbonyl (C=O) groups is 1. The van der Waals surface area contributed by atoms with Crippen LogP contribution in [0.1, 0.15) is 22.8 Å². The lowest BCUT2D eigenvalue weighted by Gasteiger charge is -2.13. The Bertz CT molecular complexity index is 1710. The van der Waals surface area contributed by atoms with Gasteiger partial charge >= 0.3 is 0 Å². The van der Waals surface area contributed by atoms with Gasteiger partial charge in [-0.15, -0.1) is 5.11 Å². The number of phenolic OH excluding ortho intramolecular Hbond substituents is 1. The molecule has 0 heterocycles. The molecular formula is C26H21Cl2N3O6S. The number of hydrogen-bond donors (Lipinski definition) is 3. The number of rotatable bonds is 7. The number of phenols is 1. The molecule has 0 bridgehead atoms. The number of nitrogens with one attached hydrogen (secondary N) is 1. The van der Waals surface area contributed by atoms with Crippen LogP contribution in [-0.4, -0.2) is 31.1 Å². The van der Waals surface area contributed by atoms with Crippen LogP contribution >= 0.6 is 23.2 Å². The highest BCUT2D eigenvalue weighted by Crippen LogP contribution is 2.41. The van der Waals surface area contributed by atoms with Crippen LogP contribution in [0.3, 0.4) is 0 Å². The average Bonchev–Trinajstić information content (AvgIpc) is 2.87. The Morgan fingerprint density at radius 1 is 1.05 bits per heavy atom. The number of benzene rings is 4. The summed E-state index contributed by atoms with van der Waals surface area (Å²) >= 11 is 12.3. The number of nitrogens with zero attached hydrogens (tertiary/aromatic N) is 2. The van der Waals surface area contributed by atoms with E-state index in [2.05, 4.69) is 15.5 Å². The van der Waals surface area contributed by atoms with Crippen LogP contribution in [0, 0.1) is 0 Å². The second-order valence-electron chi connectivity index (χ2n) is 8.07. The summed E-state index contributed by atoms with van der Waals surface area (Å²) in [5.74, 6) is -0.753. The molecule has 0 unspecified atom stereocenters. The highest BCUT2D eigenvalue weighted by Gasteiger charge is 2.21. The van der Waals surface area contributed by atoms with Crippen molar-refractivity contribution in [1.82, 2.24) is 0 Å². The van der Waals surface area contributed by atoms with Crippen LogP contribution in [0.25, 0.3) is 10.8 Å². The largest absolute Gasteiger partial charge is 0.505 e. The zero-order valence-electron chi connectivity index (χ0n) is 20.1. The Kier molecular flexibility index (Phi) is 7.89. The van der Waals surface area contributed by atoms with Crippen molar-refractivity contribution in [3.63, 3.8) is 0 Å². The Morgan fingerprint density at radius 3 is 2.47 bits per heavy atom. The Hall–Kier alpha value is -3.70. The molecule has 0 spiro atoms. The fraction of sp³-hybridized carbons (Fsp3) is 0.115. The van der Waals surface area contributed by atoms with E-state index >= 15 is 0 Å². The summed E-state index contributed by atoms with van der Waals surface area (Å²) in [6.07, 6.45) is 0.255. The first-order valence-electron chi connectivity index (χ1n) is 11.1. The molecule has 3 N–H and O–H groups in total. The van der Waals surface area contributed by atoms with Gasteiger partial charge in [-0.25, -0.2) is 0 Å². The van der Waals surface area contributed by atoms with Crippen molar-refractivity contribution in [2.75, 3.05) is 12.4 Å². The van der Waals surface area contributed by atoms with Gasteiger partial charge in [-0.2, -0.15) is 13.5 Å². The molecular weight excluding hydrogens is 553 g/mol. The number of carbonyl (C=O) groups excluding carboxylic acids is 1. The summed E-state index contributed by atoms with van der Waals surface area (Å²) in [6, 6.07) is 15.6. The SMILES string of the molecule is CCc1c(Cl)cc(N=Nc2c(O)c(C(=O)Nc3cc(Cl)ccc3OC)cc3ccccc23)cc1S(=O)(=O)O. The quantitative estimate of drug-likeness (QED) is 0.156. The van der Waals surface area contributed by atoms with E-state index in [1.165, 1.54) is 25.3 Å². The van der Waals surface area contributed by atoms with Crippen molar-refractivity contribution < 1.29 is 27.6 Å². The van der Waals surface area contributed by atoms with Crippen molar-refractivity contribution in [3.8, 4) is 11.5 Å². The summed E-state index contributed by atoms with van der Waals surface area (Å²) in [4.78, 5) is 12.8. The van der Waals surface area contributed by atoms with E-state index < -0.39 is 21.8 Å². The summed E-state index contributed by atoms with van der Waals surface area (Å²) in [5, 5.41) is 23.5. The molecule has 0 aliphatic rings. The zero-order chi connectivity index (χ0) is 27.6. The number of halogens is 2. The summed E-state index contributed by atoms with van der Waals surface area (Å²) < 4.78 is 38.7. The lowest BCUT2D eigenvalue weighted by Crippen LogP contribution is -2.13. The molecule has 4 rings (SSSR count). The first-order chi connectivity index (χ1) is 18.0. The maximum Gasteiger partial charge on any atom is 0.294 e. The maximum absolute atomic E-state index is 13.2. The number of ether oxygens (including phenoxy) is 1. The van der Waals surface area contributed by atoms with Crippen molar-refractivity contribution >= 4 is 67.1 Å². The third kappa shape index (κ3) is 5.58. The Morgan fingerprint density at radius 2 is 1.79 bits per heavy atom. The molecule has 196 valence electrons. The first-order valence-corrected chi connectivity index (χ1v) is 13.3. The molecule has 4 aromatic rings. The van der Waals surface area contributed by atoms with Crippen molar-refractivity contribution in [3.05, 3.63) is 81.8 Å². The molecule has 4 aromatic carbocycles. The number of anilines is 1. The van der Waals surface area contributed by atoms with E-state index in [-0.39, 0.29) is 38.8 Å². The van der Waals surface area contributed by atoms with Gasteiger partial charge in [0.25, 0.3) is 16.0 Å². The summed E-state index contributed by atoms with van der Waals surface area (Å²) in [7, 11) is -3.14. The lowest BCUT2D eigenvalue weighted by molar-refractivity contribution is 0.102. The molecule has 12 heteroatoms. The zero-order valence-corrected chi connectivity index (χ0v) is 22.4. The second kappa shape index (κ2) is 11.0. The van der Waals surface area contributed by atoms with Gasteiger partial charge < -0.3 is 15.2 Å². The first kappa shape index (κ1) is 27.3. The van der Waals surface area contributed by atoms with Crippen LogP contribution in [0.4, 0.5) is 17.1 Å². The molecule has 1 amide bonds. The summed E-state index contributed by atoms with van der Waals surface area (Å²) in [5.41, 5.74) is 0.413. The molecule has 0 aromatic heterocycles. The van der Waals surface area contributed by atoms with Crippen molar-refractivity contribution in [1.29, 1.82) is 0 Å². The van der Waals surface area contributed by atoms with Gasteiger partial charge in [0.05, 0.1) is 24.0 Å². The monoisotopic (exact) mass is 573 g/mol. The van der Waals surface area contributed by atoms with Gasteiger partial charge in [0.1, 0.15) is 16.3 Å². The van der Waals surface area contributed by atoms with Crippen LogP contribution in [0.2, 0.25) is 10.0 Å². The Labute approximate surface area is 228 Å². The normalized spacial score (nSPS) is 11.7. The van der Waals surface area contributed by atoms with Gasteiger partial charge in [-0.05, 0) is 53.8 Å². The minimum atomic E-state index is -4.58. The molecule has 0 fully saturated rings. The van der Waals surface area contributed by atoms with E-state index in [4.69, 9.17) is 27.9 Å². The highest BCUT2D eigenvalue weighted by molar-refractivity contribution is 7.85. The molecule has 0 atom stereocenters. The number of methoxy groups -OCH3 is 1. The van der Waals surface area contributed by atoms with Gasteiger partial charge in [-0.1, -0.05) is 54.4 Å². The third-order valence-electron chi connectivity index (χ3n) is 5.69. The molecule has 0 aliphatic carbocycles. The predicted octanol–water partition coefficient (Wildman–Crippen LogP) is 7.34. The maximum atomic E-state index is 13.2. The fourth-order valence-electron chi connectivity index (χ4n) is 3.90. The third-order valence-corrected chi connectivity index (χ3v) is 7.18. The number of aromatic hydroxyl groups is 1. The second-order valence-corrected chi connectivity index (χ2v) is 10.3. The van der Waals surface area contributed by atoms with E-state index in [1.807, 2.05) is 0 Å². The number of fused-ring (bicyclic) bond motifs is 1. The van der Waals surface area contributed by atoms with Crippen molar-refractivity contribution in [2.24, 2.45) is 10.2 Å². The van der Waals surface area contributed by atoms with E-state index in [0.717, 1.165) is 6.07 Å². The molecule has 0 saturated carbocycles. The topological polar surface area (TPSA) is 138 Å². The van der Waals surface area contributed by atoms with E-state index in [0.29, 0.717) is 27.2 Å². The molecule has 0 aliphatic heterocycles. The van der Waals surface area contributed by atoms with E-state index in [1.54, 1.807) is 43.3 Å². The molecule has 0 saturated heterocycles. The number of hydrogen-bond acceptors (Lipinski definition) is 7. The van der Waals surface area contributed by atoms with Crippen LogP contribution < -0.4 is 10.1 Å². The van der Waals surface area contributed by atoms with E-state index in [9.17, 15) is 22.9 Å².